The number of nitrogens with zero attached hydrogens (tertiary/aromatic N) is 1. The zero-order chi connectivity index (χ0) is 20.0. The molecule has 2 aromatic rings. The lowest BCUT2D eigenvalue weighted by molar-refractivity contribution is 0.0827. The first-order chi connectivity index (χ1) is 12.8. The molecule has 1 amide bonds. The first kappa shape index (κ1) is 20.4. The number of ether oxygens (including phenoxy) is 1. The Balaban J connectivity index is 2.23. The summed E-state index contributed by atoms with van der Waals surface area (Å²) in [5.74, 6) is 0.954. The number of amides is 1. The fourth-order valence-electron chi connectivity index (χ4n) is 2.64. The average molecular weight is 365 g/mol. The fourth-order valence-corrected chi connectivity index (χ4v) is 2.64. The second-order valence-electron chi connectivity index (χ2n) is 6.86. The van der Waals surface area contributed by atoms with Gasteiger partial charge in [0.2, 0.25) is 0 Å². The number of hydrogen-bond acceptors (Lipinski definition) is 3. The van der Waals surface area contributed by atoms with Crippen LogP contribution in [0.3, 0.4) is 0 Å². The SMILES string of the molecule is CCOc1ccc(C(C)C)cc1C=CC(=O)c1ccc(C(=O)N(C)C)cc1. The molecule has 0 saturated heterocycles. The molecule has 27 heavy (non-hydrogen) atoms. The number of carbonyl (C=O) groups is 2. The Morgan fingerprint density at radius 3 is 2.22 bits per heavy atom. The summed E-state index contributed by atoms with van der Waals surface area (Å²) in [5.41, 5.74) is 3.18. The van der Waals surface area contributed by atoms with Gasteiger partial charge in [0.15, 0.2) is 5.78 Å². The van der Waals surface area contributed by atoms with Gasteiger partial charge in [-0.1, -0.05) is 32.0 Å². The van der Waals surface area contributed by atoms with Crippen LogP contribution in [0.15, 0.2) is 48.5 Å². The van der Waals surface area contributed by atoms with Gasteiger partial charge in [-0.3, -0.25) is 9.59 Å². The van der Waals surface area contributed by atoms with Crippen molar-refractivity contribution in [2.24, 2.45) is 0 Å². The van der Waals surface area contributed by atoms with Crippen LogP contribution in [-0.4, -0.2) is 37.3 Å². The third-order valence-electron chi connectivity index (χ3n) is 4.24. The van der Waals surface area contributed by atoms with Crippen molar-refractivity contribution in [3.63, 3.8) is 0 Å². The Kier molecular flexibility index (Phi) is 6.94. The maximum Gasteiger partial charge on any atom is 0.253 e. The van der Waals surface area contributed by atoms with Crippen LogP contribution in [0, 0.1) is 0 Å². The summed E-state index contributed by atoms with van der Waals surface area (Å²) in [7, 11) is 3.40. The Bertz CT molecular complexity index is 833. The highest BCUT2D eigenvalue weighted by molar-refractivity contribution is 6.07. The van der Waals surface area contributed by atoms with E-state index in [1.165, 1.54) is 10.5 Å². The molecule has 0 aliphatic rings. The van der Waals surface area contributed by atoms with Crippen molar-refractivity contribution in [3.05, 3.63) is 70.8 Å². The van der Waals surface area contributed by atoms with E-state index in [0.29, 0.717) is 23.7 Å². The Morgan fingerprint density at radius 2 is 1.67 bits per heavy atom. The maximum absolute atomic E-state index is 12.5. The van der Waals surface area contributed by atoms with E-state index in [-0.39, 0.29) is 11.7 Å². The van der Waals surface area contributed by atoms with Crippen molar-refractivity contribution in [2.45, 2.75) is 26.7 Å². The lowest BCUT2D eigenvalue weighted by Gasteiger charge is -2.11. The van der Waals surface area contributed by atoms with Crippen molar-refractivity contribution < 1.29 is 14.3 Å². The molecule has 0 N–H and O–H groups in total. The van der Waals surface area contributed by atoms with Gasteiger partial charge in [-0.05, 0) is 54.8 Å². The van der Waals surface area contributed by atoms with Crippen LogP contribution in [0.5, 0.6) is 5.75 Å². The highest BCUT2D eigenvalue weighted by atomic mass is 16.5. The summed E-state index contributed by atoms with van der Waals surface area (Å²) in [5, 5.41) is 0. The highest BCUT2D eigenvalue weighted by Crippen LogP contribution is 2.26. The molecular formula is C23H27NO3. The van der Waals surface area contributed by atoms with Gasteiger partial charge in [0.25, 0.3) is 5.91 Å². The molecule has 0 spiro atoms. The van der Waals surface area contributed by atoms with Gasteiger partial charge in [-0.25, -0.2) is 0 Å². The van der Waals surface area contributed by atoms with Crippen molar-refractivity contribution in [1.29, 1.82) is 0 Å². The minimum atomic E-state index is -0.115. The van der Waals surface area contributed by atoms with Crippen molar-refractivity contribution in [3.8, 4) is 5.75 Å². The van der Waals surface area contributed by atoms with Crippen LogP contribution in [0.1, 0.15) is 58.5 Å². The van der Waals surface area contributed by atoms with Crippen LogP contribution < -0.4 is 4.74 Å². The minimum Gasteiger partial charge on any atom is -0.493 e. The molecule has 4 nitrogen and oxygen atoms in total. The number of carbonyl (C=O) groups excluding carboxylic acids is 2. The predicted molar refractivity (Wildman–Crippen MR) is 110 cm³/mol. The van der Waals surface area contributed by atoms with E-state index in [2.05, 4.69) is 26.0 Å². The van der Waals surface area contributed by atoms with Gasteiger partial charge < -0.3 is 9.64 Å². The molecule has 2 rings (SSSR count). The molecule has 2 aromatic carbocycles. The molecule has 0 saturated carbocycles. The molecule has 0 heterocycles. The van der Waals surface area contributed by atoms with Gasteiger partial charge in [0.1, 0.15) is 5.75 Å². The lowest BCUT2D eigenvalue weighted by atomic mass is 9.99. The third-order valence-corrected chi connectivity index (χ3v) is 4.24. The number of hydrogen-bond donors (Lipinski definition) is 0. The molecule has 0 bridgehead atoms. The molecule has 4 heteroatoms. The van der Waals surface area contributed by atoms with Crippen LogP contribution >= 0.6 is 0 Å². The molecule has 0 fully saturated rings. The van der Waals surface area contributed by atoms with Gasteiger partial charge in [0, 0.05) is 30.8 Å². The van der Waals surface area contributed by atoms with E-state index in [0.717, 1.165) is 11.3 Å². The summed E-state index contributed by atoms with van der Waals surface area (Å²) >= 11 is 0. The van der Waals surface area contributed by atoms with Gasteiger partial charge in [-0.15, -0.1) is 0 Å². The second-order valence-corrected chi connectivity index (χ2v) is 6.86. The summed E-state index contributed by atoms with van der Waals surface area (Å²) < 4.78 is 5.67. The molecular weight excluding hydrogens is 338 g/mol. The first-order valence-electron chi connectivity index (χ1n) is 9.14. The molecule has 142 valence electrons. The van der Waals surface area contributed by atoms with Crippen molar-refractivity contribution in [1.82, 2.24) is 4.90 Å². The zero-order valence-corrected chi connectivity index (χ0v) is 16.7. The smallest absolute Gasteiger partial charge is 0.253 e. The molecule has 0 aliphatic carbocycles. The number of allylic oxidation sites excluding steroid dienone is 1. The summed E-state index contributed by atoms with van der Waals surface area (Å²) in [6.45, 7) is 6.76. The van der Waals surface area contributed by atoms with Gasteiger partial charge in [0.05, 0.1) is 6.61 Å². The monoisotopic (exact) mass is 365 g/mol. The number of rotatable bonds is 7. The lowest BCUT2D eigenvalue weighted by Crippen LogP contribution is -2.21. The third kappa shape index (κ3) is 5.30. The quantitative estimate of drug-likeness (QED) is 0.523. The molecule has 0 unspecified atom stereocenters. The molecule has 0 aliphatic heterocycles. The summed E-state index contributed by atoms with van der Waals surface area (Å²) in [6, 6.07) is 12.8. The van der Waals surface area contributed by atoms with Crippen LogP contribution in [0.25, 0.3) is 6.08 Å². The number of benzene rings is 2. The standard InChI is InChI=1S/C23H27NO3/c1-6-27-22-14-12-19(16(2)3)15-20(22)11-13-21(25)17-7-9-18(10-8-17)23(26)24(4)5/h7-16H,6H2,1-5H3. The zero-order valence-electron chi connectivity index (χ0n) is 16.7. The van der Waals surface area contributed by atoms with E-state index in [4.69, 9.17) is 4.74 Å². The van der Waals surface area contributed by atoms with E-state index in [1.807, 2.05) is 13.0 Å². The normalized spacial score (nSPS) is 11.0. The van der Waals surface area contributed by atoms with Crippen molar-refractivity contribution >= 4 is 17.8 Å². The summed E-state index contributed by atoms with van der Waals surface area (Å²) in [4.78, 5) is 25.9. The molecule has 0 aromatic heterocycles. The highest BCUT2D eigenvalue weighted by Gasteiger charge is 2.10. The maximum atomic E-state index is 12.5. The summed E-state index contributed by atoms with van der Waals surface area (Å²) in [6.07, 6.45) is 3.34. The van der Waals surface area contributed by atoms with Gasteiger partial charge in [-0.2, -0.15) is 0 Å². The number of ketones is 1. The Morgan fingerprint density at radius 1 is 1.04 bits per heavy atom. The van der Waals surface area contributed by atoms with E-state index >= 15 is 0 Å². The van der Waals surface area contributed by atoms with E-state index < -0.39 is 0 Å². The minimum absolute atomic E-state index is 0.0867. The topological polar surface area (TPSA) is 46.6 Å². The Hall–Kier alpha value is -2.88. The molecule has 0 radical (unpaired) electrons. The van der Waals surface area contributed by atoms with E-state index in [1.54, 1.807) is 50.5 Å². The van der Waals surface area contributed by atoms with Crippen LogP contribution in [0.2, 0.25) is 0 Å². The van der Waals surface area contributed by atoms with Crippen LogP contribution in [0.4, 0.5) is 0 Å². The average Bonchev–Trinajstić information content (AvgIpc) is 2.66. The van der Waals surface area contributed by atoms with E-state index in [9.17, 15) is 9.59 Å². The van der Waals surface area contributed by atoms with Crippen LogP contribution in [-0.2, 0) is 0 Å². The first-order valence-corrected chi connectivity index (χ1v) is 9.14. The van der Waals surface area contributed by atoms with Crippen molar-refractivity contribution in [2.75, 3.05) is 20.7 Å². The fraction of sp³-hybridized carbons (Fsp3) is 0.304. The second kappa shape index (κ2) is 9.17. The largest absolute Gasteiger partial charge is 0.493 e. The predicted octanol–water partition coefficient (Wildman–Crippen LogP) is 4.81. The van der Waals surface area contributed by atoms with Gasteiger partial charge >= 0.3 is 0 Å². The Labute approximate surface area is 161 Å². The molecule has 0 atom stereocenters.